The molecular weight excluding hydrogens is 351 g/mol. The molecule has 2 rings (SSSR count). The third-order valence-corrected chi connectivity index (χ3v) is 4.02. The van der Waals surface area contributed by atoms with Crippen molar-refractivity contribution in [3.63, 3.8) is 0 Å². The zero-order valence-electron chi connectivity index (χ0n) is 7.58. The van der Waals surface area contributed by atoms with Crippen LogP contribution in [0.3, 0.4) is 0 Å². The Morgan fingerprint density at radius 1 is 1.21 bits per heavy atom. The van der Waals surface area contributed by atoms with Gasteiger partial charge in [0, 0.05) is 0 Å². The van der Waals surface area contributed by atoms with E-state index in [1.54, 1.807) is 0 Å². The molecule has 1 atom stereocenters. The quantitative estimate of drug-likeness (QED) is 0.509. The van der Waals surface area contributed by atoms with Crippen molar-refractivity contribution in [1.82, 2.24) is 0 Å². The largest absolute Gasteiger partial charge is 0.106 e. The molecule has 14 heavy (non-hydrogen) atoms. The molecule has 1 aromatic carbocycles. The van der Waals surface area contributed by atoms with E-state index in [-0.39, 0.29) is 2.33 Å². The topological polar surface area (TPSA) is 0 Å². The van der Waals surface area contributed by atoms with Crippen LogP contribution in [-0.4, -0.2) is 2.33 Å². The lowest BCUT2D eigenvalue weighted by atomic mass is 9.97. The van der Waals surface area contributed by atoms with Crippen LogP contribution in [0.15, 0.2) is 48.6 Å². The number of alkyl halides is 2. The summed E-state index contributed by atoms with van der Waals surface area (Å²) in [5, 5.41) is 0. The second kappa shape index (κ2) is 4.19. The maximum atomic E-state index is 3.76. The first-order valence-corrected chi connectivity index (χ1v) is 6.38. The van der Waals surface area contributed by atoms with E-state index in [1.807, 2.05) is 6.07 Å². The van der Waals surface area contributed by atoms with Gasteiger partial charge in [0.15, 0.2) is 0 Å². The third kappa shape index (κ3) is 2.11. The summed E-state index contributed by atoms with van der Waals surface area (Å²) in [6, 6.07) is 10.5. The normalized spacial score (nSPS) is 26.0. The molecule has 0 radical (unpaired) electrons. The Bertz CT molecular complexity index is 377. The lowest BCUT2D eigenvalue weighted by molar-refractivity contribution is 1.06. The van der Waals surface area contributed by atoms with Crippen LogP contribution < -0.4 is 0 Å². The second-order valence-corrected chi connectivity index (χ2v) is 7.96. The predicted octanol–water partition coefficient (Wildman–Crippen LogP) is 4.56. The number of allylic oxidation sites excluding steroid dienone is 4. The zero-order valence-corrected chi connectivity index (χ0v) is 11.3. The minimum atomic E-state index is 0.0564. The molecule has 2 heteroatoms. The standard InChI is InChI=1S/C12H10BrI/c13-12(14)9-5-4-8-11(12)10-6-2-1-3-7-10/h1-8H,9H2. The maximum Gasteiger partial charge on any atom is 0.106 e. The van der Waals surface area contributed by atoms with Crippen molar-refractivity contribution in [2.24, 2.45) is 0 Å². The predicted molar refractivity (Wildman–Crippen MR) is 73.9 cm³/mol. The van der Waals surface area contributed by atoms with Crippen molar-refractivity contribution in [1.29, 1.82) is 0 Å². The summed E-state index contributed by atoms with van der Waals surface area (Å²) >= 11 is 6.22. The minimum absolute atomic E-state index is 0.0564. The first-order valence-electron chi connectivity index (χ1n) is 4.51. The van der Waals surface area contributed by atoms with Crippen LogP contribution in [0.2, 0.25) is 0 Å². The molecule has 0 saturated carbocycles. The third-order valence-electron chi connectivity index (χ3n) is 2.25. The van der Waals surface area contributed by atoms with Gasteiger partial charge >= 0.3 is 0 Å². The highest BCUT2D eigenvalue weighted by Gasteiger charge is 2.28. The molecule has 0 N–H and O–H groups in total. The molecule has 1 aliphatic rings. The van der Waals surface area contributed by atoms with Crippen LogP contribution in [0.25, 0.3) is 5.57 Å². The Morgan fingerprint density at radius 2 is 1.93 bits per heavy atom. The molecular formula is C12H10BrI. The van der Waals surface area contributed by atoms with Crippen molar-refractivity contribution in [3.05, 3.63) is 54.1 Å². The molecule has 0 spiro atoms. The summed E-state index contributed by atoms with van der Waals surface area (Å²) in [5.74, 6) is 0. The Kier molecular flexibility index (Phi) is 3.12. The van der Waals surface area contributed by atoms with Crippen LogP contribution >= 0.6 is 38.5 Å². The van der Waals surface area contributed by atoms with E-state index in [0.29, 0.717) is 0 Å². The molecule has 0 nitrogen and oxygen atoms in total. The highest BCUT2D eigenvalue weighted by Crippen LogP contribution is 2.45. The van der Waals surface area contributed by atoms with Crippen LogP contribution in [0.5, 0.6) is 0 Å². The van der Waals surface area contributed by atoms with E-state index < -0.39 is 0 Å². The van der Waals surface area contributed by atoms with Crippen LogP contribution in [0, 0.1) is 0 Å². The molecule has 0 heterocycles. The Balaban J connectivity index is 2.43. The van der Waals surface area contributed by atoms with Gasteiger partial charge in [0.25, 0.3) is 0 Å². The number of hydrogen-bond acceptors (Lipinski definition) is 0. The van der Waals surface area contributed by atoms with Crippen molar-refractivity contribution in [3.8, 4) is 0 Å². The van der Waals surface area contributed by atoms with E-state index in [4.69, 9.17) is 0 Å². The zero-order chi connectivity index (χ0) is 10.0. The van der Waals surface area contributed by atoms with Crippen molar-refractivity contribution in [2.75, 3.05) is 0 Å². The van der Waals surface area contributed by atoms with Crippen molar-refractivity contribution < 1.29 is 0 Å². The van der Waals surface area contributed by atoms with Gasteiger partial charge in [-0.05, 0) is 17.6 Å². The second-order valence-electron chi connectivity index (χ2n) is 3.28. The summed E-state index contributed by atoms with van der Waals surface area (Å²) in [6.07, 6.45) is 7.53. The number of rotatable bonds is 1. The van der Waals surface area contributed by atoms with Gasteiger partial charge in [-0.1, -0.05) is 87.1 Å². The molecule has 0 aromatic heterocycles. The number of benzene rings is 1. The van der Waals surface area contributed by atoms with Gasteiger partial charge < -0.3 is 0 Å². The van der Waals surface area contributed by atoms with Gasteiger partial charge in [-0.25, -0.2) is 0 Å². The van der Waals surface area contributed by atoms with Crippen molar-refractivity contribution in [2.45, 2.75) is 8.75 Å². The smallest absolute Gasteiger partial charge is 0.0820 e. The average Bonchev–Trinajstić information content (AvgIpc) is 2.18. The summed E-state index contributed by atoms with van der Waals surface area (Å²) in [5.41, 5.74) is 2.64. The monoisotopic (exact) mass is 360 g/mol. The van der Waals surface area contributed by atoms with E-state index in [1.165, 1.54) is 11.1 Å². The number of hydrogen-bond donors (Lipinski definition) is 0. The SMILES string of the molecule is BrC1(I)CC=CC=C1c1ccccc1. The average molecular weight is 361 g/mol. The van der Waals surface area contributed by atoms with Gasteiger partial charge in [0.05, 0.1) is 0 Å². The van der Waals surface area contributed by atoms with E-state index in [9.17, 15) is 0 Å². The molecule has 0 aliphatic heterocycles. The van der Waals surface area contributed by atoms with Gasteiger partial charge in [0.1, 0.15) is 2.33 Å². The Morgan fingerprint density at radius 3 is 2.57 bits per heavy atom. The van der Waals surface area contributed by atoms with Gasteiger partial charge in [-0.3, -0.25) is 0 Å². The molecule has 0 amide bonds. The first-order chi connectivity index (χ1) is 6.70. The molecule has 72 valence electrons. The van der Waals surface area contributed by atoms with E-state index in [0.717, 1.165) is 6.42 Å². The summed E-state index contributed by atoms with van der Waals surface area (Å²) in [6.45, 7) is 0. The molecule has 0 bridgehead atoms. The van der Waals surface area contributed by atoms with Crippen molar-refractivity contribution >= 4 is 44.1 Å². The van der Waals surface area contributed by atoms with E-state index in [2.05, 4.69) is 81.0 Å². The Labute approximate surface area is 106 Å². The fourth-order valence-electron chi connectivity index (χ4n) is 1.54. The summed E-state index contributed by atoms with van der Waals surface area (Å²) in [4.78, 5) is 0. The van der Waals surface area contributed by atoms with Gasteiger partial charge in [-0.15, -0.1) is 0 Å². The fraction of sp³-hybridized carbons (Fsp3) is 0.167. The molecule has 1 unspecified atom stereocenters. The van der Waals surface area contributed by atoms with Crippen LogP contribution in [0.4, 0.5) is 0 Å². The molecule has 1 aromatic rings. The maximum absolute atomic E-state index is 3.76. The molecule has 1 aliphatic carbocycles. The van der Waals surface area contributed by atoms with Crippen LogP contribution in [0.1, 0.15) is 12.0 Å². The number of halogens is 2. The lowest BCUT2D eigenvalue weighted by Crippen LogP contribution is -2.14. The minimum Gasteiger partial charge on any atom is -0.0820 e. The fourth-order valence-corrected chi connectivity index (χ4v) is 2.83. The first kappa shape index (κ1) is 10.4. The molecule has 0 fully saturated rings. The van der Waals surface area contributed by atoms with Gasteiger partial charge in [-0.2, -0.15) is 0 Å². The van der Waals surface area contributed by atoms with Gasteiger partial charge in [0.2, 0.25) is 0 Å². The summed E-state index contributed by atoms with van der Waals surface area (Å²) < 4.78 is 0.0564. The lowest BCUT2D eigenvalue weighted by Gasteiger charge is -2.25. The van der Waals surface area contributed by atoms with E-state index >= 15 is 0 Å². The highest BCUT2D eigenvalue weighted by atomic mass is 127. The highest BCUT2D eigenvalue weighted by molar-refractivity contribution is 14.1. The van der Waals surface area contributed by atoms with Crippen LogP contribution in [-0.2, 0) is 0 Å². The Hall–Kier alpha value is -0.0900. The molecule has 0 saturated heterocycles. The summed E-state index contributed by atoms with van der Waals surface area (Å²) in [7, 11) is 0.